The fourth-order valence-corrected chi connectivity index (χ4v) is 1.87. The van der Waals surface area contributed by atoms with Crippen molar-refractivity contribution in [2.75, 3.05) is 6.54 Å². The summed E-state index contributed by atoms with van der Waals surface area (Å²) in [5.74, 6) is -1.02. The van der Waals surface area contributed by atoms with Gasteiger partial charge < -0.3 is 10.4 Å². The lowest BCUT2D eigenvalue weighted by molar-refractivity contribution is -0.137. The Hall–Kier alpha value is -2.36. The summed E-state index contributed by atoms with van der Waals surface area (Å²) < 4.78 is 0. The molecule has 0 aliphatic rings. The van der Waals surface area contributed by atoms with E-state index in [0.29, 0.717) is 18.5 Å². The highest BCUT2D eigenvalue weighted by atomic mass is 16.4. The minimum atomic E-state index is -0.847. The van der Waals surface area contributed by atoms with Crippen molar-refractivity contribution in [1.29, 1.82) is 0 Å². The van der Waals surface area contributed by atoms with E-state index < -0.39 is 5.97 Å². The number of carboxylic acid groups (broad SMARTS) is 1. The SMILES string of the molecule is O=C(O)CCCNC(=O)c1ccc2ccccc2c1. The van der Waals surface area contributed by atoms with Crippen LogP contribution in [0.15, 0.2) is 42.5 Å². The highest BCUT2D eigenvalue weighted by Gasteiger charge is 2.06. The van der Waals surface area contributed by atoms with Gasteiger partial charge in [0.05, 0.1) is 0 Å². The van der Waals surface area contributed by atoms with E-state index in [0.717, 1.165) is 10.8 Å². The summed E-state index contributed by atoms with van der Waals surface area (Å²) in [4.78, 5) is 22.2. The molecule has 0 aliphatic carbocycles. The fourth-order valence-electron chi connectivity index (χ4n) is 1.87. The van der Waals surface area contributed by atoms with Crippen molar-refractivity contribution in [2.24, 2.45) is 0 Å². The van der Waals surface area contributed by atoms with E-state index in [1.54, 1.807) is 6.07 Å². The van der Waals surface area contributed by atoms with Gasteiger partial charge in [-0.3, -0.25) is 9.59 Å². The van der Waals surface area contributed by atoms with Gasteiger partial charge in [-0.05, 0) is 29.3 Å². The highest BCUT2D eigenvalue weighted by molar-refractivity contribution is 5.98. The number of hydrogen-bond acceptors (Lipinski definition) is 2. The first-order chi connectivity index (χ1) is 9.16. The molecule has 0 unspecified atom stereocenters. The molecule has 0 atom stereocenters. The molecule has 2 rings (SSSR count). The van der Waals surface area contributed by atoms with Crippen LogP contribution in [0.5, 0.6) is 0 Å². The first-order valence-electron chi connectivity index (χ1n) is 6.15. The van der Waals surface area contributed by atoms with E-state index >= 15 is 0 Å². The quantitative estimate of drug-likeness (QED) is 0.808. The molecule has 0 saturated carbocycles. The minimum absolute atomic E-state index is 0.0675. The van der Waals surface area contributed by atoms with Crippen LogP contribution in [-0.2, 0) is 4.79 Å². The lowest BCUT2D eigenvalue weighted by Crippen LogP contribution is -2.24. The van der Waals surface area contributed by atoms with Crippen molar-refractivity contribution < 1.29 is 14.7 Å². The van der Waals surface area contributed by atoms with Crippen molar-refractivity contribution in [1.82, 2.24) is 5.32 Å². The molecule has 0 radical (unpaired) electrons. The van der Waals surface area contributed by atoms with Crippen LogP contribution in [0.25, 0.3) is 10.8 Å². The first-order valence-corrected chi connectivity index (χ1v) is 6.15. The second-order valence-corrected chi connectivity index (χ2v) is 4.32. The van der Waals surface area contributed by atoms with Crippen LogP contribution in [0.2, 0.25) is 0 Å². The van der Waals surface area contributed by atoms with Gasteiger partial charge in [0.1, 0.15) is 0 Å². The fraction of sp³-hybridized carbons (Fsp3) is 0.200. The maximum atomic E-state index is 11.9. The zero-order valence-corrected chi connectivity index (χ0v) is 10.4. The molecule has 0 fully saturated rings. The predicted octanol–water partition coefficient (Wildman–Crippen LogP) is 2.43. The smallest absolute Gasteiger partial charge is 0.303 e. The highest BCUT2D eigenvalue weighted by Crippen LogP contribution is 2.15. The summed E-state index contributed by atoms with van der Waals surface area (Å²) in [6.45, 7) is 0.373. The third-order valence-electron chi connectivity index (χ3n) is 2.86. The Kier molecular flexibility index (Phi) is 4.13. The first kappa shape index (κ1) is 13.1. The lowest BCUT2D eigenvalue weighted by atomic mass is 10.1. The van der Waals surface area contributed by atoms with Crippen molar-refractivity contribution in [3.63, 3.8) is 0 Å². The summed E-state index contributed by atoms with van der Waals surface area (Å²) in [6.07, 6.45) is 0.507. The van der Waals surface area contributed by atoms with Crippen molar-refractivity contribution in [3.8, 4) is 0 Å². The Bertz CT molecular complexity index is 607. The number of carbonyl (C=O) groups is 2. The molecule has 0 aromatic heterocycles. The van der Waals surface area contributed by atoms with E-state index in [1.165, 1.54) is 0 Å². The summed E-state index contributed by atoms with van der Waals surface area (Å²) >= 11 is 0. The number of amides is 1. The number of carbonyl (C=O) groups excluding carboxylic acids is 1. The van der Waals surface area contributed by atoms with Crippen molar-refractivity contribution >= 4 is 22.6 Å². The Balaban J connectivity index is 1.99. The van der Waals surface area contributed by atoms with Crippen LogP contribution in [0.3, 0.4) is 0 Å². The van der Waals surface area contributed by atoms with Gasteiger partial charge >= 0.3 is 5.97 Å². The molecule has 2 N–H and O–H groups in total. The molecular formula is C15H15NO3. The maximum Gasteiger partial charge on any atom is 0.303 e. The third-order valence-corrected chi connectivity index (χ3v) is 2.86. The van der Waals surface area contributed by atoms with Gasteiger partial charge in [0, 0.05) is 18.5 Å². The van der Waals surface area contributed by atoms with Gasteiger partial charge in [-0.2, -0.15) is 0 Å². The largest absolute Gasteiger partial charge is 0.481 e. The number of nitrogens with one attached hydrogen (secondary N) is 1. The molecule has 4 heteroatoms. The summed E-state index contributed by atoms with van der Waals surface area (Å²) in [6, 6.07) is 13.3. The van der Waals surface area contributed by atoms with Crippen LogP contribution >= 0.6 is 0 Å². The zero-order valence-electron chi connectivity index (χ0n) is 10.4. The van der Waals surface area contributed by atoms with E-state index in [-0.39, 0.29) is 12.3 Å². The van der Waals surface area contributed by atoms with E-state index in [1.807, 2.05) is 36.4 Å². The van der Waals surface area contributed by atoms with Gasteiger partial charge in [-0.25, -0.2) is 0 Å². The van der Waals surface area contributed by atoms with Crippen LogP contribution in [0.4, 0.5) is 0 Å². The van der Waals surface area contributed by atoms with Gasteiger partial charge in [0.15, 0.2) is 0 Å². The Morgan fingerprint density at radius 1 is 1.05 bits per heavy atom. The van der Waals surface area contributed by atoms with E-state index in [2.05, 4.69) is 5.32 Å². The molecule has 1 amide bonds. The maximum absolute atomic E-state index is 11.9. The number of benzene rings is 2. The molecule has 0 saturated heterocycles. The van der Waals surface area contributed by atoms with E-state index in [4.69, 9.17) is 5.11 Å². The topological polar surface area (TPSA) is 66.4 Å². The van der Waals surface area contributed by atoms with Gasteiger partial charge in [-0.1, -0.05) is 30.3 Å². The second-order valence-electron chi connectivity index (χ2n) is 4.32. The number of fused-ring (bicyclic) bond motifs is 1. The Morgan fingerprint density at radius 2 is 1.79 bits per heavy atom. The number of rotatable bonds is 5. The molecule has 0 heterocycles. The van der Waals surface area contributed by atoms with Gasteiger partial charge in [0.2, 0.25) is 0 Å². The number of hydrogen-bond donors (Lipinski definition) is 2. The standard InChI is InChI=1S/C15H15NO3/c17-14(18)6-3-9-16-15(19)13-8-7-11-4-1-2-5-12(11)10-13/h1-2,4-5,7-8,10H,3,6,9H2,(H,16,19)(H,17,18). The summed E-state index contributed by atoms with van der Waals surface area (Å²) in [5.41, 5.74) is 0.592. The Labute approximate surface area is 111 Å². The minimum Gasteiger partial charge on any atom is -0.481 e. The van der Waals surface area contributed by atoms with Crippen molar-refractivity contribution in [3.05, 3.63) is 48.0 Å². The van der Waals surface area contributed by atoms with Crippen LogP contribution in [0, 0.1) is 0 Å². The molecule has 2 aromatic carbocycles. The average molecular weight is 257 g/mol. The monoisotopic (exact) mass is 257 g/mol. The van der Waals surface area contributed by atoms with Gasteiger partial charge in [0.25, 0.3) is 5.91 Å². The number of carboxylic acids is 1. The number of aliphatic carboxylic acids is 1. The summed E-state index contributed by atoms with van der Waals surface area (Å²) in [5, 5.41) is 13.3. The molecule has 98 valence electrons. The van der Waals surface area contributed by atoms with Crippen LogP contribution in [-0.4, -0.2) is 23.5 Å². The molecule has 0 bridgehead atoms. The predicted molar refractivity (Wildman–Crippen MR) is 73.2 cm³/mol. The Morgan fingerprint density at radius 3 is 2.53 bits per heavy atom. The summed E-state index contributed by atoms with van der Waals surface area (Å²) in [7, 11) is 0. The molecule has 19 heavy (non-hydrogen) atoms. The lowest BCUT2D eigenvalue weighted by Gasteiger charge is -2.05. The zero-order chi connectivity index (χ0) is 13.7. The average Bonchev–Trinajstić information content (AvgIpc) is 2.42. The van der Waals surface area contributed by atoms with Crippen LogP contribution in [0.1, 0.15) is 23.2 Å². The molecule has 2 aromatic rings. The van der Waals surface area contributed by atoms with Crippen molar-refractivity contribution in [2.45, 2.75) is 12.8 Å². The molecule has 4 nitrogen and oxygen atoms in total. The van der Waals surface area contributed by atoms with E-state index in [9.17, 15) is 9.59 Å². The van der Waals surface area contributed by atoms with Gasteiger partial charge in [-0.15, -0.1) is 0 Å². The third kappa shape index (κ3) is 3.55. The molecular weight excluding hydrogens is 242 g/mol. The normalized spacial score (nSPS) is 10.3. The molecule has 0 aliphatic heterocycles. The van der Waals surface area contributed by atoms with Crippen LogP contribution < -0.4 is 5.32 Å². The second kappa shape index (κ2) is 6.00. The molecule has 0 spiro atoms.